The number of hydrogen-bond acceptors (Lipinski definition) is 10. The Morgan fingerprint density at radius 1 is 1.04 bits per heavy atom. The lowest BCUT2D eigenvalue weighted by atomic mass is 9.89. The lowest BCUT2D eigenvalue weighted by Crippen LogP contribution is -2.42. The predicted octanol–water partition coefficient (Wildman–Crippen LogP) is 5.30. The average molecular weight is 739 g/mol. The topological polar surface area (TPSA) is 133 Å². The van der Waals surface area contributed by atoms with E-state index in [1.54, 1.807) is 24.3 Å². The number of fused-ring (bicyclic) bond motifs is 2. The summed E-state index contributed by atoms with van der Waals surface area (Å²) in [7, 11) is 2.17. The number of hydrogen-bond donors (Lipinski definition) is 3. The maximum Gasteiger partial charge on any atom is 0.349 e. The average Bonchev–Trinajstić information content (AvgIpc) is 3.96. The summed E-state index contributed by atoms with van der Waals surface area (Å²) < 4.78 is 8.24. The summed E-state index contributed by atoms with van der Waals surface area (Å²) in [6, 6.07) is 16.2. The third-order valence-electron chi connectivity index (χ3n) is 10.2. The SMILES string of the molecule is CN(CCCn1ccc2cc(CNC[C@H](O)C3=C4C=CC(=O)N=C4C(=O)C=C3)ccc21)C1CCC(OC(=O)C(O)(c2cccs2)c2cccs2)CC1. The Kier molecular flexibility index (Phi) is 10.9. The molecule has 1 aliphatic heterocycles. The highest BCUT2D eigenvalue weighted by atomic mass is 32.1. The minimum atomic E-state index is -1.77. The molecule has 1 fully saturated rings. The molecule has 1 atom stereocenters. The zero-order valence-corrected chi connectivity index (χ0v) is 30.6. The van der Waals surface area contributed by atoms with Crippen LogP contribution in [0.1, 0.15) is 47.4 Å². The number of aryl methyl sites for hydroxylation is 1. The normalized spacial score (nSPS) is 19.7. The first kappa shape index (κ1) is 36.1. The van der Waals surface area contributed by atoms with E-state index in [1.165, 1.54) is 40.3 Å². The van der Waals surface area contributed by atoms with Crippen molar-refractivity contribution in [2.45, 2.75) is 69.0 Å². The molecule has 0 radical (unpaired) electrons. The highest BCUT2D eigenvalue weighted by Gasteiger charge is 2.45. The number of esters is 1. The number of nitrogens with zero attached hydrogens (tertiary/aromatic N) is 3. The Balaban J connectivity index is 0.856. The molecular weight excluding hydrogens is 697 g/mol. The molecule has 52 heavy (non-hydrogen) atoms. The van der Waals surface area contributed by atoms with Gasteiger partial charge in [0.2, 0.25) is 11.4 Å². The van der Waals surface area contributed by atoms with Crippen LogP contribution in [0, 0.1) is 0 Å². The number of aliphatic hydroxyl groups is 2. The molecule has 2 aliphatic carbocycles. The van der Waals surface area contributed by atoms with Gasteiger partial charge in [0.15, 0.2) is 0 Å². The lowest BCUT2D eigenvalue weighted by Gasteiger charge is -2.35. The van der Waals surface area contributed by atoms with Crippen LogP contribution in [-0.2, 0) is 37.8 Å². The van der Waals surface area contributed by atoms with Gasteiger partial charge in [-0.05, 0) is 115 Å². The molecule has 10 nitrogen and oxygen atoms in total. The Labute approximate surface area is 310 Å². The van der Waals surface area contributed by atoms with Crippen LogP contribution in [0.5, 0.6) is 0 Å². The van der Waals surface area contributed by atoms with Crippen molar-refractivity contribution in [3.63, 3.8) is 0 Å². The fraction of sp³-hybridized carbons (Fsp3) is 0.350. The van der Waals surface area contributed by atoms with Crippen molar-refractivity contribution in [3.05, 3.63) is 116 Å². The Morgan fingerprint density at radius 3 is 2.50 bits per heavy atom. The summed E-state index contributed by atoms with van der Waals surface area (Å²) in [5, 5.41) is 30.6. The molecule has 0 unspecified atom stereocenters. The molecule has 4 aromatic rings. The molecule has 270 valence electrons. The predicted molar refractivity (Wildman–Crippen MR) is 203 cm³/mol. The zero-order chi connectivity index (χ0) is 36.2. The highest BCUT2D eigenvalue weighted by Crippen LogP contribution is 2.38. The third-order valence-corrected chi connectivity index (χ3v) is 12.1. The Hall–Kier alpha value is -4.30. The van der Waals surface area contributed by atoms with Crippen molar-refractivity contribution in [2.24, 2.45) is 4.99 Å². The van der Waals surface area contributed by atoms with Gasteiger partial charge in [-0.1, -0.05) is 24.3 Å². The number of aromatic nitrogens is 1. The maximum absolute atomic E-state index is 13.4. The van der Waals surface area contributed by atoms with Crippen LogP contribution in [0.15, 0.2) is 106 Å². The molecule has 3 aromatic heterocycles. The summed E-state index contributed by atoms with van der Waals surface area (Å²) >= 11 is 2.71. The number of thiophene rings is 2. The van der Waals surface area contributed by atoms with Crippen molar-refractivity contribution in [3.8, 4) is 0 Å². The maximum atomic E-state index is 13.4. The van der Waals surface area contributed by atoms with Gasteiger partial charge in [-0.3, -0.25) is 9.59 Å². The third kappa shape index (κ3) is 7.59. The fourth-order valence-corrected chi connectivity index (χ4v) is 9.02. The largest absolute Gasteiger partial charge is 0.460 e. The minimum Gasteiger partial charge on any atom is -0.460 e. The Morgan fingerprint density at radius 2 is 1.79 bits per heavy atom. The smallest absolute Gasteiger partial charge is 0.349 e. The van der Waals surface area contributed by atoms with E-state index < -0.39 is 23.6 Å². The molecule has 1 amide bonds. The lowest BCUT2D eigenvalue weighted by molar-refractivity contribution is -0.169. The quantitative estimate of drug-likeness (QED) is 0.117. The van der Waals surface area contributed by atoms with Crippen LogP contribution < -0.4 is 5.32 Å². The van der Waals surface area contributed by atoms with Gasteiger partial charge < -0.3 is 29.7 Å². The van der Waals surface area contributed by atoms with Gasteiger partial charge in [-0.15, -0.1) is 22.7 Å². The molecule has 12 heteroatoms. The van der Waals surface area contributed by atoms with Crippen LogP contribution in [0.25, 0.3) is 10.9 Å². The molecule has 3 N–H and O–H groups in total. The van der Waals surface area contributed by atoms with Gasteiger partial charge in [0.25, 0.3) is 5.91 Å². The van der Waals surface area contributed by atoms with Crippen molar-refractivity contribution >= 4 is 56.9 Å². The summed E-state index contributed by atoms with van der Waals surface area (Å²) in [6.07, 6.45) is 11.3. The second-order valence-corrected chi connectivity index (χ2v) is 15.5. The van der Waals surface area contributed by atoms with Gasteiger partial charge in [0.05, 0.1) is 15.9 Å². The number of aliphatic hydroxyl groups excluding tert-OH is 1. The first-order valence-corrected chi connectivity index (χ1v) is 19.4. The van der Waals surface area contributed by atoms with Crippen LogP contribution >= 0.6 is 22.7 Å². The van der Waals surface area contributed by atoms with Crippen LogP contribution in [0.3, 0.4) is 0 Å². The van der Waals surface area contributed by atoms with E-state index in [9.17, 15) is 24.6 Å². The number of rotatable bonds is 14. The van der Waals surface area contributed by atoms with Gasteiger partial charge >= 0.3 is 5.97 Å². The number of benzene rings is 1. The number of carbonyl (C=O) groups is 3. The molecule has 1 aromatic carbocycles. The molecule has 0 bridgehead atoms. The van der Waals surface area contributed by atoms with Gasteiger partial charge in [0, 0.05) is 49.0 Å². The molecular formula is C40H42N4O6S2. The van der Waals surface area contributed by atoms with E-state index in [2.05, 4.69) is 57.3 Å². The molecule has 0 spiro atoms. The van der Waals surface area contributed by atoms with Crippen LogP contribution in [0.4, 0.5) is 0 Å². The number of allylic oxidation sites excluding steroid dienone is 3. The standard InChI is InChI=1S/C40H42N4O6S2/c1-43(28-8-10-29(11-9-28)50-39(48)40(49,35-5-2-21-51-35)36-6-3-22-52-36)18-4-19-44-20-17-27-23-26(7-14-32(27)44)24-41-25-34(46)30-12-15-33(45)38-31(30)13-16-37(47)42-38/h2-3,5-7,12-17,20-23,28-29,34,41,46,49H,4,8-11,18-19,24-25H2,1H3/t28?,29?,34-/m0/s1. The summed E-state index contributed by atoms with van der Waals surface area (Å²) in [5.74, 6) is -1.40. The monoisotopic (exact) mass is 738 g/mol. The number of amides is 1. The van der Waals surface area contributed by atoms with Gasteiger partial charge in [0.1, 0.15) is 11.8 Å². The summed E-state index contributed by atoms with van der Waals surface area (Å²) in [4.78, 5) is 44.6. The number of ketones is 1. The van der Waals surface area contributed by atoms with Crippen molar-refractivity contribution < 1.29 is 29.3 Å². The molecule has 4 heterocycles. The number of ether oxygens (including phenoxy) is 1. The van der Waals surface area contributed by atoms with Crippen molar-refractivity contribution in [1.82, 2.24) is 14.8 Å². The van der Waals surface area contributed by atoms with E-state index in [0.29, 0.717) is 33.5 Å². The van der Waals surface area contributed by atoms with Gasteiger partial charge in [-0.2, -0.15) is 0 Å². The number of carbonyl (C=O) groups excluding carboxylic acids is 3. The van der Waals surface area contributed by atoms with E-state index >= 15 is 0 Å². The van der Waals surface area contributed by atoms with Gasteiger partial charge in [-0.25, -0.2) is 9.79 Å². The number of nitrogens with one attached hydrogen (secondary N) is 1. The second kappa shape index (κ2) is 15.7. The molecule has 7 rings (SSSR count). The van der Waals surface area contributed by atoms with E-state index in [0.717, 1.165) is 56.1 Å². The molecule has 3 aliphatic rings. The molecule has 1 saturated carbocycles. The van der Waals surface area contributed by atoms with Crippen LogP contribution in [0.2, 0.25) is 0 Å². The Bertz CT molecular complexity index is 2020. The van der Waals surface area contributed by atoms with Crippen LogP contribution in [-0.4, -0.2) is 81.4 Å². The van der Waals surface area contributed by atoms with E-state index in [-0.39, 0.29) is 24.1 Å². The minimum absolute atomic E-state index is 0.0867. The van der Waals surface area contributed by atoms with E-state index in [4.69, 9.17) is 4.74 Å². The number of aliphatic imine (C=N–C) groups is 1. The fourth-order valence-electron chi connectivity index (χ4n) is 7.31. The zero-order valence-electron chi connectivity index (χ0n) is 28.9. The van der Waals surface area contributed by atoms with Crippen molar-refractivity contribution in [1.29, 1.82) is 0 Å². The number of dihydropyridines is 1. The highest BCUT2D eigenvalue weighted by molar-refractivity contribution is 7.12. The second-order valence-electron chi connectivity index (χ2n) is 13.6. The summed E-state index contributed by atoms with van der Waals surface area (Å²) in [6.45, 7) is 2.69. The summed E-state index contributed by atoms with van der Waals surface area (Å²) in [5.41, 5.74) is 1.65. The first-order valence-electron chi connectivity index (χ1n) is 17.7. The first-order chi connectivity index (χ1) is 25.2. The molecule has 0 saturated heterocycles. The van der Waals surface area contributed by atoms with Crippen molar-refractivity contribution in [2.75, 3.05) is 20.1 Å². The van der Waals surface area contributed by atoms with E-state index in [1.807, 2.05) is 22.9 Å².